The number of hydrogen-bond donors (Lipinski definition) is 1. The molecule has 0 saturated carbocycles. The van der Waals surface area contributed by atoms with Crippen molar-refractivity contribution in [2.45, 2.75) is 73.0 Å². The molecule has 0 aliphatic rings. The van der Waals surface area contributed by atoms with E-state index in [4.69, 9.17) is 17.0 Å². The van der Waals surface area contributed by atoms with Crippen LogP contribution >= 0.6 is 12.2 Å². The fraction of sp³-hybridized carbons (Fsp3) is 0.478. The monoisotopic (exact) mass is 430 g/mol. The Morgan fingerprint density at radius 2 is 1.83 bits per heavy atom. The van der Waals surface area contributed by atoms with Crippen molar-refractivity contribution in [2.75, 3.05) is 0 Å². The Morgan fingerprint density at radius 3 is 2.43 bits per heavy atom. The summed E-state index contributed by atoms with van der Waals surface area (Å²) in [5, 5.41) is 7.48. The number of nitrogens with zero attached hydrogens (tertiary/aromatic N) is 3. The maximum atomic E-state index is 13.1. The van der Waals surface area contributed by atoms with E-state index in [9.17, 15) is 4.79 Å². The van der Waals surface area contributed by atoms with Crippen LogP contribution in [0.15, 0.2) is 42.9 Å². The number of ether oxygens (including phenoxy) is 1. The minimum absolute atomic E-state index is 0.0986. The van der Waals surface area contributed by atoms with Crippen molar-refractivity contribution in [2.24, 2.45) is 0 Å². The van der Waals surface area contributed by atoms with Crippen molar-refractivity contribution in [3.63, 3.8) is 0 Å². The molecule has 30 heavy (non-hydrogen) atoms. The second kappa shape index (κ2) is 13.6. The summed E-state index contributed by atoms with van der Waals surface area (Å²) < 4.78 is 7.98. The molecule has 0 aliphatic heterocycles. The van der Waals surface area contributed by atoms with Crippen LogP contribution in [0, 0.1) is 4.64 Å². The molecule has 0 radical (unpaired) electrons. The SMILES string of the molecule is CC.CC.CCCC(CC)OC(=O)C(c1ccccc1)n1cnc2[nH]ncc2c1=S. The molecule has 3 rings (SSSR count). The molecule has 1 N–H and O–H groups in total. The Bertz CT molecular complexity index is 937. The third-order valence-corrected chi connectivity index (χ3v) is 4.79. The van der Waals surface area contributed by atoms with Crippen molar-refractivity contribution >= 4 is 29.2 Å². The number of carbonyl (C=O) groups excluding carboxylic acids is 1. The number of H-pyrrole nitrogens is 1. The molecule has 0 fully saturated rings. The molecule has 3 aromatic rings. The highest BCUT2D eigenvalue weighted by molar-refractivity contribution is 7.71. The fourth-order valence-electron chi connectivity index (χ4n) is 2.97. The summed E-state index contributed by atoms with van der Waals surface area (Å²) in [6.07, 6.45) is 5.69. The van der Waals surface area contributed by atoms with Gasteiger partial charge in [0.05, 0.1) is 17.9 Å². The molecule has 2 aromatic heterocycles. The highest BCUT2D eigenvalue weighted by atomic mass is 32.1. The van der Waals surface area contributed by atoms with Crippen molar-refractivity contribution in [1.29, 1.82) is 0 Å². The van der Waals surface area contributed by atoms with Crippen molar-refractivity contribution < 1.29 is 9.53 Å². The van der Waals surface area contributed by atoms with Gasteiger partial charge in [0.15, 0.2) is 11.7 Å². The fourth-order valence-corrected chi connectivity index (χ4v) is 3.27. The van der Waals surface area contributed by atoms with E-state index in [2.05, 4.69) is 22.1 Å². The van der Waals surface area contributed by atoms with E-state index in [1.54, 1.807) is 17.1 Å². The average molecular weight is 431 g/mol. The van der Waals surface area contributed by atoms with Gasteiger partial charge in [-0.3, -0.25) is 5.10 Å². The van der Waals surface area contributed by atoms with Gasteiger partial charge in [0.1, 0.15) is 10.7 Å². The third kappa shape index (κ3) is 6.23. The van der Waals surface area contributed by atoms with Crippen LogP contribution < -0.4 is 0 Å². The quantitative estimate of drug-likeness (QED) is 0.354. The maximum Gasteiger partial charge on any atom is 0.334 e. The van der Waals surface area contributed by atoms with Gasteiger partial charge in [-0.05, 0) is 18.4 Å². The second-order valence-electron chi connectivity index (χ2n) is 6.16. The van der Waals surface area contributed by atoms with Gasteiger partial charge in [0.2, 0.25) is 0 Å². The minimum atomic E-state index is -0.679. The van der Waals surface area contributed by atoms with E-state index >= 15 is 0 Å². The standard InChI is InChI=1S/C19H22N4O2S.2C2H6/c1-3-8-14(4-2)25-19(24)16(13-9-6-5-7-10-13)23-12-20-17-15(18(23)26)11-21-22-17;2*1-2/h5-7,9-12,14,16H,3-4,8H2,1-2H3,(H,21,22);2*1-2H3. The van der Waals surface area contributed by atoms with Crippen LogP contribution in [0.5, 0.6) is 0 Å². The van der Waals surface area contributed by atoms with Crippen LogP contribution in [0.1, 0.15) is 72.4 Å². The number of hydrogen-bond acceptors (Lipinski definition) is 5. The van der Waals surface area contributed by atoms with Crippen LogP contribution in [0.25, 0.3) is 11.0 Å². The number of fused-ring (bicyclic) bond motifs is 1. The molecule has 0 bridgehead atoms. The summed E-state index contributed by atoms with van der Waals surface area (Å²) in [6, 6.07) is 8.82. The van der Waals surface area contributed by atoms with Crippen LogP contribution in [-0.4, -0.2) is 31.8 Å². The van der Waals surface area contributed by atoms with Crippen LogP contribution in [0.2, 0.25) is 0 Å². The maximum absolute atomic E-state index is 13.1. The predicted molar refractivity (Wildman–Crippen MR) is 125 cm³/mol. The van der Waals surface area contributed by atoms with E-state index in [1.807, 2.05) is 65.0 Å². The zero-order valence-electron chi connectivity index (χ0n) is 18.9. The largest absolute Gasteiger partial charge is 0.461 e. The molecule has 2 atom stereocenters. The Balaban J connectivity index is 0.00000106. The van der Waals surface area contributed by atoms with Gasteiger partial charge in [-0.25, -0.2) is 9.78 Å². The Morgan fingerprint density at radius 1 is 1.17 bits per heavy atom. The zero-order chi connectivity index (χ0) is 22.5. The molecule has 0 aliphatic carbocycles. The lowest BCUT2D eigenvalue weighted by Gasteiger charge is -2.23. The topological polar surface area (TPSA) is 72.8 Å². The molecule has 0 amide bonds. The predicted octanol–water partition coefficient (Wildman–Crippen LogP) is 6.25. The number of rotatable bonds is 7. The highest BCUT2D eigenvalue weighted by Gasteiger charge is 2.27. The summed E-state index contributed by atoms with van der Waals surface area (Å²) in [5.74, 6) is -0.322. The molecule has 2 unspecified atom stereocenters. The number of aromatic amines is 1. The third-order valence-electron chi connectivity index (χ3n) is 4.36. The first-order valence-corrected chi connectivity index (χ1v) is 11.2. The van der Waals surface area contributed by atoms with E-state index in [1.165, 1.54) is 0 Å². The van der Waals surface area contributed by atoms with Gasteiger partial charge in [0, 0.05) is 0 Å². The van der Waals surface area contributed by atoms with E-state index < -0.39 is 6.04 Å². The smallest absolute Gasteiger partial charge is 0.334 e. The second-order valence-corrected chi connectivity index (χ2v) is 6.55. The Kier molecular flexibility index (Phi) is 11.6. The van der Waals surface area contributed by atoms with E-state index in [0.717, 1.165) is 24.8 Å². The van der Waals surface area contributed by atoms with Crippen molar-refractivity contribution in [3.8, 4) is 0 Å². The molecule has 164 valence electrons. The Hall–Kier alpha value is -2.54. The van der Waals surface area contributed by atoms with Gasteiger partial charge in [-0.15, -0.1) is 0 Å². The highest BCUT2D eigenvalue weighted by Crippen LogP contribution is 2.24. The number of carbonyl (C=O) groups is 1. The van der Waals surface area contributed by atoms with Gasteiger partial charge >= 0.3 is 5.97 Å². The number of benzene rings is 1. The molecule has 0 spiro atoms. The summed E-state index contributed by atoms with van der Waals surface area (Å²) in [7, 11) is 0. The number of nitrogens with one attached hydrogen (secondary N) is 1. The Labute approximate surface area is 184 Å². The molecule has 1 aromatic carbocycles. The molecule has 0 saturated heterocycles. The average Bonchev–Trinajstić information content (AvgIpc) is 3.28. The molecule has 7 heteroatoms. The molecular weight excluding hydrogens is 396 g/mol. The number of esters is 1. The normalized spacial score (nSPS) is 12.1. The zero-order valence-corrected chi connectivity index (χ0v) is 19.7. The number of aromatic nitrogens is 4. The van der Waals surface area contributed by atoms with Crippen LogP contribution in [0.3, 0.4) is 0 Å². The lowest BCUT2D eigenvalue weighted by Crippen LogP contribution is -2.28. The summed E-state index contributed by atoms with van der Waals surface area (Å²) >= 11 is 5.59. The molecule has 6 nitrogen and oxygen atoms in total. The first kappa shape index (κ1) is 25.5. The molecule has 2 heterocycles. The summed E-state index contributed by atoms with van der Waals surface area (Å²) in [4.78, 5) is 17.4. The van der Waals surface area contributed by atoms with Crippen LogP contribution in [-0.2, 0) is 9.53 Å². The van der Waals surface area contributed by atoms with Crippen molar-refractivity contribution in [3.05, 3.63) is 53.1 Å². The van der Waals surface area contributed by atoms with E-state index in [0.29, 0.717) is 15.7 Å². The lowest BCUT2D eigenvalue weighted by molar-refractivity contribution is -0.152. The van der Waals surface area contributed by atoms with E-state index in [-0.39, 0.29) is 12.1 Å². The van der Waals surface area contributed by atoms with Crippen molar-refractivity contribution in [1.82, 2.24) is 19.7 Å². The van der Waals surface area contributed by atoms with Gasteiger partial charge in [-0.2, -0.15) is 5.10 Å². The lowest BCUT2D eigenvalue weighted by atomic mass is 10.1. The minimum Gasteiger partial charge on any atom is -0.461 e. The van der Waals surface area contributed by atoms with Gasteiger partial charge in [0.25, 0.3) is 0 Å². The first-order chi connectivity index (χ1) is 14.7. The van der Waals surface area contributed by atoms with Crippen LogP contribution in [0.4, 0.5) is 0 Å². The first-order valence-electron chi connectivity index (χ1n) is 10.8. The molecular formula is C23H34N4O2S. The summed E-state index contributed by atoms with van der Waals surface area (Å²) in [6.45, 7) is 12.1. The van der Waals surface area contributed by atoms with Gasteiger partial charge < -0.3 is 9.30 Å². The van der Waals surface area contributed by atoms with Gasteiger partial charge in [-0.1, -0.05) is 90.5 Å². The summed E-state index contributed by atoms with van der Waals surface area (Å²) in [5.41, 5.74) is 1.41.